The van der Waals surface area contributed by atoms with Crippen LogP contribution in [-0.4, -0.2) is 35.5 Å². The molecule has 0 heterocycles. The molecule has 0 unspecified atom stereocenters. The van der Waals surface area contributed by atoms with Crippen molar-refractivity contribution < 1.29 is 10.2 Å². The Kier molecular flexibility index (Phi) is 3.98. The Morgan fingerprint density at radius 1 is 1.17 bits per heavy atom. The van der Waals surface area contributed by atoms with Crippen LogP contribution in [-0.2, 0) is 0 Å². The van der Waals surface area contributed by atoms with E-state index >= 15 is 0 Å². The lowest BCUT2D eigenvalue weighted by Crippen LogP contribution is -2.42. The van der Waals surface area contributed by atoms with Gasteiger partial charge in [0.05, 0.1) is 12.2 Å². The molecule has 0 aromatic carbocycles. The lowest BCUT2D eigenvalue weighted by atomic mass is 9.85. The molecule has 0 aliphatic heterocycles. The van der Waals surface area contributed by atoms with Gasteiger partial charge in [-0.05, 0) is 12.8 Å². The lowest BCUT2D eigenvalue weighted by Gasteiger charge is -2.32. The van der Waals surface area contributed by atoms with E-state index in [9.17, 15) is 5.11 Å². The fourth-order valence-electron chi connectivity index (χ4n) is 1.79. The van der Waals surface area contributed by atoms with Crippen LogP contribution >= 0.6 is 0 Å². The van der Waals surface area contributed by atoms with E-state index in [1.54, 1.807) is 0 Å². The van der Waals surface area contributed by atoms with Crippen molar-refractivity contribution in [2.75, 3.05) is 19.7 Å². The quantitative estimate of drug-likeness (QED) is 0.535. The third-order valence-corrected chi connectivity index (χ3v) is 2.53. The molecule has 72 valence electrons. The van der Waals surface area contributed by atoms with Crippen molar-refractivity contribution in [3.8, 4) is 0 Å². The Morgan fingerprint density at radius 3 is 2.42 bits per heavy atom. The fourth-order valence-corrected chi connectivity index (χ4v) is 1.79. The second kappa shape index (κ2) is 4.80. The number of nitrogens with one attached hydrogen (secondary N) is 1. The van der Waals surface area contributed by atoms with Crippen LogP contribution in [0.5, 0.6) is 0 Å². The molecule has 3 heteroatoms. The van der Waals surface area contributed by atoms with E-state index in [0.717, 1.165) is 25.7 Å². The van der Waals surface area contributed by atoms with E-state index < -0.39 is 5.60 Å². The summed E-state index contributed by atoms with van der Waals surface area (Å²) in [7, 11) is 0. The molecule has 1 fully saturated rings. The minimum Gasteiger partial charge on any atom is -0.395 e. The number of hydrogen-bond acceptors (Lipinski definition) is 3. The zero-order chi connectivity index (χ0) is 8.86. The van der Waals surface area contributed by atoms with Crippen LogP contribution in [0.15, 0.2) is 0 Å². The average Bonchev–Trinajstić information content (AvgIpc) is 2.06. The molecule has 1 aliphatic carbocycles. The summed E-state index contributed by atoms with van der Waals surface area (Å²) in [5.41, 5.74) is -0.493. The van der Waals surface area contributed by atoms with Crippen molar-refractivity contribution in [2.45, 2.75) is 37.7 Å². The van der Waals surface area contributed by atoms with Crippen LogP contribution in [0.1, 0.15) is 32.1 Å². The van der Waals surface area contributed by atoms with Gasteiger partial charge in [0.15, 0.2) is 0 Å². The number of aliphatic hydroxyl groups excluding tert-OH is 1. The first-order valence-corrected chi connectivity index (χ1v) is 4.81. The van der Waals surface area contributed by atoms with Gasteiger partial charge in [0.25, 0.3) is 0 Å². The molecule has 1 aliphatic rings. The van der Waals surface area contributed by atoms with Crippen LogP contribution in [0.3, 0.4) is 0 Å². The van der Waals surface area contributed by atoms with Crippen molar-refractivity contribution in [3.63, 3.8) is 0 Å². The number of hydrogen-bond donors (Lipinski definition) is 3. The molecule has 3 nitrogen and oxygen atoms in total. The van der Waals surface area contributed by atoms with Crippen LogP contribution in [0.4, 0.5) is 0 Å². The van der Waals surface area contributed by atoms with Gasteiger partial charge >= 0.3 is 0 Å². The summed E-state index contributed by atoms with van der Waals surface area (Å²) in [5, 5.41) is 21.5. The lowest BCUT2D eigenvalue weighted by molar-refractivity contribution is 0.00442. The first-order valence-electron chi connectivity index (χ1n) is 4.81. The average molecular weight is 173 g/mol. The summed E-state index contributed by atoms with van der Waals surface area (Å²) in [5.74, 6) is 0. The van der Waals surface area contributed by atoms with Gasteiger partial charge < -0.3 is 15.5 Å². The maximum absolute atomic E-state index is 9.95. The van der Waals surface area contributed by atoms with E-state index in [1.807, 2.05) is 0 Å². The highest BCUT2D eigenvalue weighted by Gasteiger charge is 2.28. The van der Waals surface area contributed by atoms with Gasteiger partial charge in [-0.3, -0.25) is 0 Å². The standard InChI is InChI=1S/C9H19NO2/c11-7-6-10-8-9(12)4-2-1-3-5-9/h10-12H,1-8H2. The predicted octanol–water partition coefficient (Wildman–Crippen LogP) is 0.263. The molecule has 0 radical (unpaired) electrons. The third kappa shape index (κ3) is 3.09. The summed E-state index contributed by atoms with van der Waals surface area (Å²) in [6.45, 7) is 1.37. The predicted molar refractivity (Wildman–Crippen MR) is 48.0 cm³/mol. The topological polar surface area (TPSA) is 52.5 Å². The summed E-state index contributed by atoms with van der Waals surface area (Å²) in [6.07, 6.45) is 5.34. The molecule has 3 N–H and O–H groups in total. The first-order chi connectivity index (χ1) is 5.77. The third-order valence-electron chi connectivity index (χ3n) is 2.53. The van der Waals surface area contributed by atoms with E-state index in [4.69, 9.17) is 5.11 Å². The molecule has 0 bridgehead atoms. The Labute approximate surface area is 73.8 Å². The molecule has 0 aromatic rings. The highest BCUT2D eigenvalue weighted by molar-refractivity contribution is 4.84. The molecule has 0 spiro atoms. The maximum atomic E-state index is 9.95. The van der Waals surface area contributed by atoms with E-state index in [-0.39, 0.29) is 6.61 Å². The van der Waals surface area contributed by atoms with Gasteiger partial charge in [0.2, 0.25) is 0 Å². The Balaban J connectivity index is 2.17. The number of aliphatic hydroxyl groups is 2. The summed E-state index contributed by atoms with van der Waals surface area (Å²) in [6, 6.07) is 0. The smallest absolute Gasteiger partial charge is 0.0771 e. The van der Waals surface area contributed by atoms with Crippen molar-refractivity contribution in [1.29, 1.82) is 0 Å². The van der Waals surface area contributed by atoms with Crippen LogP contribution in [0.2, 0.25) is 0 Å². The zero-order valence-electron chi connectivity index (χ0n) is 7.55. The summed E-state index contributed by atoms with van der Waals surface area (Å²) >= 11 is 0. The minimum absolute atomic E-state index is 0.149. The molecule has 1 saturated carbocycles. The monoisotopic (exact) mass is 173 g/mol. The van der Waals surface area contributed by atoms with Gasteiger partial charge in [-0.15, -0.1) is 0 Å². The molecule has 1 rings (SSSR count). The van der Waals surface area contributed by atoms with Crippen molar-refractivity contribution in [1.82, 2.24) is 5.32 Å². The van der Waals surface area contributed by atoms with Crippen LogP contribution in [0.25, 0.3) is 0 Å². The normalized spacial score (nSPS) is 22.5. The second-order valence-corrected chi connectivity index (χ2v) is 3.69. The number of rotatable bonds is 4. The maximum Gasteiger partial charge on any atom is 0.0771 e. The molecule has 0 amide bonds. The van der Waals surface area contributed by atoms with Gasteiger partial charge in [-0.25, -0.2) is 0 Å². The van der Waals surface area contributed by atoms with Crippen LogP contribution in [0, 0.1) is 0 Å². The molecule has 0 saturated heterocycles. The zero-order valence-corrected chi connectivity index (χ0v) is 7.55. The summed E-state index contributed by atoms with van der Waals surface area (Å²) < 4.78 is 0. The first kappa shape index (κ1) is 9.96. The molecular formula is C9H19NO2. The van der Waals surface area contributed by atoms with Crippen LogP contribution < -0.4 is 5.32 Å². The second-order valence-electron chi connectivity index (χ2n) is 3.69. The molecule has 12 heavy (non-hydrogen) atoms. The fraction of sp³-hybridized carbons (Fsp3) is 1.00. The molecule has 0 aromatic heterocycles. The van der Waals surface area contributed by atoms with Gasteiger partial charge in [0.1, 0.15) is 0 Å². The minimum atomic E-state index is -0.493. The van der Waals surface area contributed by atoms with Crippen molar-refractivity contribution in [3.05, 3.63) is 0 Å². The Morgan fingerprint density at radius 2 is 1.83 bits per heavy atom. The van der Waals surface area contributed by atoms with Gasteiger partial charge in [0, 0.05) is 13.1 Å². The highest BCUT2D eigenvalue weighted by Crippen LogP contribution is 2.26. The van der Waals surface area contributed by atoms with Gasteiger partial charge in [-0.2, -0.15) is 0 Å². The Bertz CT molecular complexity index is 122. The van der Waals surface area contributed by atoms with E-state index in [0.29, 0.717) is 13.1 Å². The van der Waals surface area contributed by atoms with E-state index in [1.165, 1.54) is 6.42 Å². The van der Waals surface area contributed by atoms with Crippen molar-refractivity contribution >= 4 is 0 Å². The largest absolute Gasteiger partial charge is 0.395 e. The summed E-state index contributed by atoms with van der Waals surface area (Å²) in [4.78, 5) is 0. The van der Waals surface area contributed by atoms with Crippen molar-refractivity contribution in [2.24, 2.45) is 0 Å². The molecular weight excluding hydrogens is 154 g/mol. The van der Waals surface area contributed by atoms with Gasteiger partial charge in [-0.1, -0.05) is 19.3 Å². The Hall–Kier alpha value is -0.120. The molecule has 0 atom stereocenters. The van der Waals surface area contributed by atoms with E-state index in [2.05, 4.69) is 5.32 Å². The highest BCUT2D eigenvalue weighted by atomic mass is 16.3. The SMILES string of the molecule is OCCNCC1(O)CCCCC1.